The normalized spacial score (nSPS) is 17.4. The predicted octanol–water partition coefficient (Wildman–Crippen LogP) is 5.32. The Kier molecular flexibility index (Phi) is 8.06. The molecular weight excluding hydrogens is 560 g/mol. The van der Waals surface area contributed by atoms with E-state index in [9.17, 15) is 5.26 Å². The second kappa shape index (κ2) is 12.0. The number of ether oxygens (including phenoxy) is 1. The third kappa shape index (κ3) is 5.40. The second-order valence-corrected chi connectivity index (χ2v) is 12.1. The molecule has 0 radical (unpaired) electrons. The van der Waals surface area contributed by atoms with E-state index in [2.05, 4.69) is 22.3 Å². The van der Waals surface area contributed by atoms with Crippen molar-refractivity contribution < 1.29 is 13.5 Å². The molecule has 2 aromatic heterocycles. The number of benzene rings is 2. The summed E-state index contributed by atoms with van der Waals surface area (Å²) in [5, 5.41) is 14.9. The molecule has 0 unspecified atom stereocenters. The zero-order valence-corrected chi connectivity index (χ0v) is 25.3. The fourth-order valence-corrected chi connectivity index (χ4v) is 6.10. The quantitative estimate of drug-likeness (QED) is 0.300. The molecular formula is C34H35F2N7O. The van der Waals surface area contributed by atoms with E-state index < -0.39 is 17.0 Å². The highest BCUT2D eigenvalue weighted by Gasteiger charge is 2.27. The molecule has 0 spiro atoms. The fourth-order valence-electron chi connectivity index (χ4n) is 6.10. The SMILES string of the molecule is C#Cc1c(F)ccc2cc(C(C)(C)C#N)cc(-c3ncc4c(N(C)C[C@@H]5CCCCN5)nc(N5CCOCC5)nc4c3F)c12. The Labute approximate surface area is 256 Å². The van der Waals surface area contributed by atoms with Gasteiger partial charge in [0.05, 0.1) is 35.6 Å². The summed E-state index contributed by atoms with van der Waals surface area (Å²) in [7, 11) is 1.95. The van der Waals surface area contributed by atoms with E-state index in [1.165, 1.54) is 6.07 Å². The monoisotopic (exact) mass is 595 g/mol. The molecule has 4 heterocycles. The number of anilines is 2. The highest BCUT2D eigenvalue weighted by molar-refractivity contribution is 6.03. The van der Waals surface area contributed by atoms with Gasteiger partial charge in [-0.15, -0.1) is 6.42 Å². The van der Waals surface area contributed by atoms with Gasteiger partial charge in [0, 0.05) is 49.9 Å². The third-order valence-corrected chi connectivity index (χ3v) is 8.68. The minimum atomic E-state index is -0.907. The van der Waals surface area contributed by atoms with Crippen molar-refractivity contribution in [1.82, 2.24) is 20.3 Å². The Hall–Kier alpha value is -4.38. The standard InChI is InChI=1S/C34H35F2N7O/c1-5-24-27(35)10-9-21-16-22(34(2,3)20-37)17-25(28(21)24)30-29(36)31-26(18-39-30)32(42(4)19-23-8-6-7-11-38-23)41-33(40-31)43-12-14-44-15-13-43/h1,9-10,16-18,23,38H,6-8,11-15,19H2,2-4H3/t23-/m0/s1. The molecule has 6 rings (SSSR count). The Morgan fingerprint density at radius 2 is 1.98 bits per heavy atom. The van der Waals surface area contributed by atoms with E-state index in [4.69, 9.17) is 21.1 Å². The van der Waals surface area contributed by atoms with Gasteiger partial charge in [-0.1, -0.05) is 18.4 Å². The molecule has 226 valence electrons. The predicted molar refractivity (Wildman–Crippen MR) is 169 cm³/mol. The van der Waals surface area contributed by atoms with Gasteiger partial charge in [-0.2, -0.15) is 10.2 Å². The maximum absolute atomic E-state index is 16.9. The first-order valence-electron chi connectivity index (χ1n) is 15.0. The smallest absolute Gasteiger partial charge is 0.228 e. The lowest BCUT2D eigenvalue weighted by molar-refractivity contribution is 0.122. The van der Waals surface area contributed by atoms with Crippen molar-refractivity contribution in [3.05, 3.63) is 53.2 Å². The first kappa shape index (κ1) is 29.7. The zero-order valence-electron chi connectivity index (χ0n) is 25.3. The summed E-state index contributed by atoms with van der Waals surface area (Å²) in [6, 6.07) is 8.97. The van der Waals surface area contributed by atoms with Crippen LogP contribution in [0.1, 0.15) is 44.2 Å². The van der Waals surface area contributed by atoms with Gasteiger partial charge in [0.25, 0.3) is 0 Å². The fraction of sp³-hybridized carbons (Fsp3) is 0.412. The number of terminal acetylenes is 1. The Balaban J connectivity index is 1.59. The van der Waals surface area contributed by atoms with Crippen LogP contribution in [0.5, 0.6) is 0 Å². The number of hydrogen-bond donors (Lipinski definition) is 1. The molecule has 0 saturated carbocycles. The number of piperidine rings is 1. The molecule has 2 fully saturated rings. The molecule has 0 bridgehead atoms. The van der Waals surface area contributed by atoms with Crippen LogP contribution in [0.25, 0.3) is 32.9 Å². The van der Waals surface area contributed by atoms with E-state index in [1.54, 1.807) is 38.2 Å². The van der Waals surface area contributed by atoms with E-state index in [1.807, 2.05) is 16.8 Å². The number of nitriles is 1. The van der Waals surface area contributed by atoms with Crippen LogP contribution in [-0.2, 0) is 10.2 Å². The van der Waals surface area contributed by atoms with Crippen LogP contribution in [0.2, 0.25) is 0 Å². The highest BCUT2D eigenvalue weighted by Crippen LogP contribution is 2.39. The summed E-state index contributed by atoms with van der Waals surface area (Å²) in [4.78, 5) is 18.3. The molecule has 2 saturated heterocycles. The van der Waals surface area contributed by atoms with Gasteiger partial charge >= 0.3 is 0 Å². The molecule has 8 nitrogen and oxygen atoms in total. The molecule has 1 N–H and O–H groups in total. The topological polar surface area (TPSA) is 90.2 Å². The molecule has 44 heavy (non-hydrogen) atoms. The van der Waals surface area contributed by atoms with Crippen molar-refractivity contribution in [2.45, 2.75) is 44.6 Å². The number of halogens is 2. The molecule has 10 heteroatoms. The van der Waals surface area contributed by atoms with Gasteiger partial charge in [0.15, 0.2) is 5.82 Å². The van der Waals surface area contributed by atoms with Crippen LogP contribution in [0, 0.1) is 35.3 Å². The van der Waals surface area contributed by atoms with Gasteiger partial charge in [0.1, 0.15) is 22.8 Å². The minimum Gasteiger partial charge on any atom is -0.378 e. The summed E-state index contributed by atoms with van der Waals surface area (Å²) >= 11 is 0. The van der Waals surface area contributed by atoms with Crippen molar-refractivity contribution in [1.29, 1.82) is 5.26 Å². The molecule has 0 amide bonds. The van der Waals surface area contributed by atoms with E-state index in [0.29, 0.717) is 71.9 Å². The lowest BCUT2D eigenvalue weighted by Crippen LogP contribution is -2.43. The van der Waals surface area contributed by atoms with Gasteiger partial charge in [-0.3, -0.25) is 4.98 Å². The minimum absolute atomic E-state index is 0.0113. The highest BCUT2D eigenvalue weighted by atomic mass is 19.1. The summed E-state index contributed by atoms with van der Waals surface area (Å²) < 4.78 is 37.5. The average molecular weight is 596 g/mol. The molecule has 4 aromatic rings. The first-order valence-corrected chi connectivity index (χ1v) is 15.0. The van der Waals surface area contributed by atoms with Crippen molar-refractivity contribution in [2.75, 3.05) is 56.2 Å². The average Bonchev–Trinajstić information content (AvgIpc) is 3.05. The number of nitrogens with one attached hydrogen (secondary N) is 1. The van der Waals surface area contributed by atoms with Gasteiger partial charge in [0.2, 0.25) is 5.95 Å². The van der Waals surface area contributed by atoms with Crippen LogP contribution in [0.4, 0.5) is 20.5 Å². The summed E-state index contributed by atoms with van der Waals surface area (Å²) in [5.41, 5.74) is 0.139. The molecule has 1 atom stereocenters. The van der Waals surface area contributed by atoms with Crippen LogP contribution < -0.4 is 15.1 Å². The van der Waals surface area contributed by atoms with Crippen LogP contribution >= 0.6 is 0 Å². The number of aromatic nitrogens is 3. The van der Waals surface area contributed by atoms with Gasteiger partial charge < -0.3 is 19.9 Å². The maximum atomic E-state index is 16.9. The second-order valence-electron chi connectivity index (χ2n) is 12.1. The van der Waals surface area contributed by atoms with Crippen molar-refractivity contribution in [2.24, 2.45) is 0 Å². The largest absolute Gasteiger partial charge is 0.378 e. The lowest BCUT2D eigenvalue weighted by atomic mass is 9.82. The van der Waals surface area contributed by atoms with E-state index >= 15 is 8.78 Å². The van der Waals surface area contributed by atoms with E-state index in [-0.39, 0.29) is 22.8 Å². The molecule has 2 aliphatic rings. The summed E-state index contributed by atoms with van der Waals surface area (Å²) in [6.07, 6.45) is 10.7. The van der Waals surface area contributed by atoms with Crippen LogP contribution in [-0.4, -0.2) is 67.4 Å². The number of pyridine rings is 1. The zero-order chi connectivity index (χ0) is 31.0. The number of fused-ring (bicyclic) bond motifs is 2. The van der Waals surface area contributed by atoms with Crippen molar-refractivity contribution in [3.8, 4) is 29.7 Å². The number of hydrogen-bond acceptors (Lipinski definition) is 8. The van der Waals surface area contributed by atoms with Crippen molar-refractivity contribution >= 4 is 33.4 Å². The Morgan fingerprint density at radius 3 is 2.68 bits per heavy atom. The number of rotatable bonds is 6. The first-order chi connectivity index (χ1) is 21.2. The van der Waals surface area contributed by atoms with Crippen molar-refractivity contribution in [3.63, 3.8) is 0 Å². The number of morpholine rings is 1. The Bertz CT molecular complexity index is 1820. The number of nitrogens with zero attached hydrogens (tertiary/aromatic N) is 6. The summed E-state index contributed by atoms with van der Waals surface area (Å²) in [5.74, 6) is 2.19. The maximum Gasteiger partial charge on any atom is 0.228 e. The molecule has 2 aromatic carbocycles. The van der Waals surface area contributed by atoms with Crippen LogP contribution in [0.15, 0.2) is 30.5 Å². The Morgan fingerprint density at radius 1 is 1.18 bits per heavy atom. The molecule has 0 aliphatic carbocycles. The molecule has 2 aliphatic heterocycles. The number of likely N-dealkylation sites (N-methyl/N-ethyl adjacent to an activating group) is 1. The van der Waals surface area contributed by atoms with Crippen LogP contribution in [0.3, 0.4) is 0 Å². The van der Waals surface area contributed by atoms with E-state index in [0.717, 1.165) is 25.8 Å². The summed E-state index contributed by atoms with van der Waals surface area (Å²) in [6.45, 7) is 7.43. The van der Waals surface area contributed by atoms with Gasteiger partial charge in [-0.05, 0) is 62.4 Å². The third-order valence-electron chi connectivity index (χ3n) is 8.68. The van der Waals surface area contributed by atoms with Gasteiger partial charge in [-0.25, -0.2) is 13.8 Å². The lowest BCUT2D eigenvalue weighted by Gasteiger charge is -2.31.